The number of nitro groups is 1. The van der Waals surface area contributed by atoms with E-state index in [0.29, 0.717) is 0 Å². The fourth-order valence-corrected chi connectivity index (χ4v) is 1.38. The van der Waals surface area contributed by atoms with Gasteiger partial charge in [0.25, 0.3) is 5.69 Å². The maximum atomic E-state index is 12.0. The Morgan fingerprint density at radius 3 is 2.61 bits per heavy atom. The molecule has 0 saturated carbocycles. The summed E-state index contributed by atoms with van der Waals surface area (Å²) in [6, 6.07) is 2.10. The number of halogens is 4. The molecule has 1 rings (SSSR count). The predicted octanol–water partition coefficient (Wildman–Crippen LogP) is 3.03. The molecular weight excluding hydrogens is 275 g/mol. The second-order valence-corrected chi connectivity index (χ2v) is 3.94. The van der Waals surface area contributed by atoms with Gasteiger partial charge < -0.3 is 4.90 Å². The molecule has 5 nitrogen and oxygen atoms in total. The Morgan fingerprint density at radius 1 is 1.50 bits per heavy atom. The van der Waals surface area contributed by atoms with Gasteiger partial charge in [-0.05, 0) is 0 Å². The number of hydrogen-bond donors (Lipinski definition) is 0. The second-order valence-electron chi connectivity index (χ2n) is 3.55. The summed E-state index contributed by atoms with van der Waals surface area (Å²) >= 11 is 5.56. The standard InChI is InChI=1S/C9H9ClF3N3O2/c1-15(3-2-9(11,12)13)8-5-6(16(17)18)4-7(10)14-8/h4-5H,2-3H2,1H3. The predicted molar refractivity (Wildman–Crippen MR) is 59.8 cm³/mol. The number of pyridine rings is 1. The van der Waals surface area contributed by atoms with Gasteiger partial charge >= 0.3 is 6.18 Å². The summed E-state index contributed by atoms with van der Waals surface area (Å²) in [7, 11) is 1.36. The van der Waals surface area contributed by atoms with Gasteiger partial charge in [0.2, 0.25) is 0 Å². The van der Waals surface area contributed by atoms with Crippen molar-refractivity contribution in [2.75, 3.05) is 18.5 Å². The molecule has 0 radical (unpaired) electrons. The zero-order valence-electron chi connectivity index (χ0n) is 9.24. The summed E-state index contributed by atoms with van der Waals surface area (Å²) in [6.07, 6.45) is -5.33. The van der Waals surface area contributed by atoms with Crippen LogP contribution >= 0.6 is 11.6 Å². The molecule has 0 fully saturated rings. The summed E-state index contributed by atoms with van der Waals surface area (Å²) in [6.45, 7) is -0.353. The third kappa shape index (κ3) is 4.36. The van der Waals surface area contributed by atoms with Crippen molar-refractivity contribution in [1.29, 1.82) is 0 Å². The molecule has 0 saturated heterocycles. The van der Waals surface area contributed by atoms with Crippen LogP contribution in [-0.2, 0) is 0 Å². The Morgan fingerprint density at radius 2 is 2.11 bits per heavy atom. The SMILES string of the molecule is CN(CCC(F)(F)F)c1cc([N+](=O)[O-])cc(Cl)n1. The fraction of sp³-hybridized carbons (Fsp3) is 0.444. The molecule has 0 N–H and O–H groups in total. The molecule has 0 aliphatic carbocycles. The van der Waals surface area contributed by atoms with Crippen LogP contribution in [0.1, 0.15) is 6.42 Å². The van der Waals surface area contributed by atoms with Gasteiger partial charge in [-0.1, -0.05) is 11.6 Å². The van der Waals surface area contributed by atoms with Crippen LogP contribution in [0.15, 0.2) is 12.1 Å². The normalized spacial score (nSPS) is 11.4. The largest absolute Gasteiger partial charge is 0.390 e. The molecule has 1 aromatic heterocycles. The molecule has 0 bridgehead atoms. The van der Waals surface area contributed by atoms with E-state index in [4.69, 9.17) is 11.6 Å². The van der Waals surface area contributed by atoms with Crippen molar-refractivity contribution in [3.8, 4) is 0 Å². The molecule has 0 amide bonds. The average Bonchev–Trinajstić information content (AvgIpc) is 2.23. The van der Waals surface area contributed by atoms with Crippen molar-refractivity contribution in [3.05, 3.63) is 27.4 Å². The van der Waals surface area contributed by atoms with Crippen LogP contribution in [0.4, 0.5) is 24.7 Å². The summed E-state index contributed by atoms with van der Waals surface area (Å²) < 4.78 is 36.1. The van der Waals surface area contributed by atoms with E-state index < -0.39 is 17.5 Å². The summed E-state index contributed by atoms with van der Waals surface area (Å²) in [4.78, 5) is 14.8. The quantitative estimate of drug-likeness (QED) is 0.484. The second kappa shape index (κ2) is 5.38. The van der Waals surface area contributed by atoms with Crippen LogP contribution in [-0.4, -0.2) is 29.7 Å². The lowest BCUT2D eigenvalue weighted by Gasteiger charge is -2.18. The first-order valence-corrected chi connectivity index (χ1v) is 5.17. The third-order valence-electron chi connectivity index (χ3n) is 2.10. The van der Waals surface area contributed by atoms with Gasteiger partial charge in [0.15, 0.2) is 0 Å². The molecule has 0 unspecified atom stereocenters. The van der Waals surface area contributed by atoms with E-state index in [1.54, 1.807) is 0 Å². The number of aromatic nitrogens is 1. The van der Waals surface area contributed by atoms with Crippen LogP contribution in [0.2, 0.25) is 5.15 Å². The smallest absolute Gasteiger partial charge is 0.359 e. The van der Waals surface area contributed by atoms with Crippen molar-refractivity contribution < 1.29 is 18.1 Å². The first kappa shape index (κ1) is 14.5. The first-order chi connectivity index (χ1) is 8.19. The van der Waals surface area contributed by atoms with E-state index in [1.165, 1.54) is 7.05 Å². The lowest BCUT2D eigenvalue weighted by atomic mass is 10.3. The van der Waals surface area contributed by atoms with Crippen molar-refractivity contribution in [2.24, 2.45) is 0 Å². The summed E-state index contributed by atoms with van der Waals surface area (Å²) in [5, 5.41) is 10.4. The minimum absolute atomic E-state index is 0.0263. The third-order valence-corrected chi connectivity index (χ3v) is 2.29. The molecule has 18 heavy (non-hydrogen) atoms. The number of nitrogens with zero attached hydrogens (tertiary/aromatic N) is 3. The molecule has 0 atom stereocenters. The molecular formula is C9H9ClF3N3O2. The van der Waals surface area contributed by atoms with E-state index in [0.717, 1.165) is 17.0 Å². The van der Waals surface area contributed by atoms with E-state index in [2.05, 4.69) is 4.98 Å². The van der Waals surface area contributed by atoms with Crippen molar-refractivity contribution in [2.45, 2.75) is 12.6 Å². The molecule has 0 spiro atoms. The summed E-state index contributed by atoms with van der Waals surface area (Å²) in [5.74, 6) is 0.0263. The van der Waals surface area contributed by atoms with Gasteiger partial charge in [0.1, 0.15) is 11.0 Å². The molecule has 1 heterocycles. The number of rotatable bonds is 4. The fourth-order valence-electron chi connectivity index (χ4n) is 1.18. The maximum Gasteiger partial charge on any atom is 0.390 e. The Hall–Kier alpha value is -1.57. The van der Waals surface area contributed by atoms with Gasteiger partial charge in [-0.25, -0.2) is 4.98 Å². The average molecular weight is 284 g/mol. The zero-order chi connectivity index (χ0) is 13.9. The molecule has 9 heteroatoms. The van der Waals surface area contributed by atoms with Gasteiger partial charge in [0, 0.05) is 13.6 Å². The molecule has 1 aromatic rings. The Bertz CT molecular complexity index is 453. The lowest BCUT2D eigenvalue weighted by Crippen LogP contribution is -2.24. The Labute approximate surface area is 105 Å². The topological polar surface area (TPSA) is 59.3 Å². The van der Waals surface area contributed by atoms with Crippen molar-refractivity contribution >= 4 is 23.1 Å². The van der Waals surface area contributed by atoms with Gasteiger partial charge in [0.05, 0.1) is 23.5 Å². The van der Waals surface area contributed by atoms with E-state index in [-0.39, 0.29) is 23.2 Å². The number of alkyl halides is 3. The van der Waals surface area contributed by atoms with Crippen molar-refractivity contribution in [3.63, 3.8) is 0 Å². The first-order valence-electron chi connectivity index (χ1n) is 4.79. The Balaban J connectivity index is 2.85. The van der Waals surface area contributed by atoms with Gasteiger partial charge in [-0.15, -0.1) is 0 Å². The Kier molecular flexibility index (Phi) is 4.33. The number of hydrogen-bond acceptors (Lipinski definition) is 4. The highest BCUT2D eigenvalue weighted by Crippen LogP contribution is 2.25. The van der Waals surface area contributed by atoms with Crippen LogP contribution in [0.3, 0.4) is 0 Å². The molecule has 0 aliphatic rings. The number of anilines is 1. The highest BCUT2D eigenvalue weighted by Gasteiger charge is 2.27. The van der Waals surface area contributed by atoms with Crippen molar-refractivity contribution in [1.82, 2.24) is 4.98 Å². The molecule has 100 valence electrons. The zero-order valence-corrected chi connectivity index (χ0v) is 9.99. The van der Waals surface area contributed by atoms with Crippen LogP contribution in [0.25, 0.3) is 0 Å². The summed E-state index contributed by atoms with van der Waals surface area (Å²) in [5.41, 5.74) is -0.316. The lowest BCUT2D eigenvalue weighted by molar-refractivity contribution is -0.384. The minimum Gasteiger partial charge on any atom is -0.359 e. The van der Waals surface area contributed by atoms with E-state index >= 15 is 0 Å². The maximum absolute atomic E-state index is 12.0. The minimum atomic E-state index is -4.29. The highest BCUT2D eigenvalue weighted by atomic mass is 35.5. The van der Waals surface area contributed by atoms with Gasteiger partial charge in [-0.3, -0.25) is 10.1 Å². The molecule has 0 aromatic carbocycles. The van der Waals surface area contributed by atoms with Crippen LogP contribution in [0.5, 0.6) is 0 Å². The molecule has 0 aliphatic heterocycles. The van der Waals surface area contributed by atoms with E-state index in [1.807, 2.05) is 0 Å². The highest BCUT2D eigenvalue weighted by molar-refractivity contribution is 6.29. The van der Waals surface area contributed by atoms with E-state index in [9.17, 15) is 23.3 Å². The van der Waals surface area contributed by atoms with Gasteiger partial charge in [-0.2, -0.15) is 13.2 Å². The van der Waals surface area contributed by atoms with Crippen LogP contribution in [0, 0.1) is 10.1 Å². The monoisotopic (exact) mass is 283 g/mol. The van der Waals surface area contributed by atoms with Crippen LogP contribution < -0.4 is 4.90 Å².